The van der Waals surface area contributed by atoms with Gasteiger partial charge in [0, 0.05) is 31.1 Å². The van der Waals surface area contributed by atoms with E-state index in [9.17, 15) is 14.4 Å². The van der Waals surface area contributed by atoms with Gasteiger partial charge in [0.1, 0.15) is 6.04 Å². The molecule has 0 bridgehead atoms. The van der Waals surface area contributed by atoms with Crippen molar-refractivity contribution in [2.45, 2.75) is 75.9 Å². The zero-order valence-corrected chi connectivity index (χ0v) is 19.3. The van der Waals surface area contributed by atoms with Crippen LogP contribution in [0.4, 0.5) is 0 Å². The van der Waals surface area contributed by atoms with Crippen molar-refractivity contribution >= 4 is 24.4 Å². The lowest BCUT2D eigenvalue weighted by Crippen LogP contribution is -2.52. The number of rotatable bonds is 5. The second kappa shape index (κ2) is 9.37. The second-order valence-corrected chi connectivity index (χ2v) is 10.2. The van der Waals surface area contributed by atoms with Gasteiger partial charge in [0.05, 0.1) is 0 Å². The number of carbonyl (C=O) groups is 3. The van der Waals surface area contributed by atoms with Gasteiger partial charge in [-0.05, 0) is 93.8 Å². The molecule has 0 spiro atoms. The molecule has 3 amide bonds. The summed E-state index contributed by atoms with van der Waals surface area (Å²) in [6, 6.07) is 6.16. The number of likely N-dealkylation sites (tertiary alicyclic amines) is 1. The topological polar surface area (TPSA) is 82.1 Å². The quantitative estimate of drug-likeness (QED) is 0.552. The Hall–Kier alpha value is -2.54. The highest BCUT2D eigenvalue weighted by molar-refractivity contribution is 6.05. The monoisotopic (exact) mass is 450 g/mol. The molecule has 1 aromatic carbocycles. The van der Waals surface area contributed by atoms with Crippen LogP contribution in [0.15, 0.2) is 23.2 Å². The minimum atomic E-state index is -0.549. The number of amides is 3. The van der Waals surface area contributed by atoms with Crippen molar-refractivity contribution in [3.05, 3.63) is 34.9 Å². The number of benzene rings is 1. The van der Waals surface area contributed by atoms with E-state index in [1.165, 1.54) is 37.8 Å². The maximum absolute atomic E-state index is 12.9. The Bertz CT molecular complexity index is 945. The molecule has 0 aromatic heterocycles. The van der Waals surface area contributed by atoms with E-state index in [-0.39, 0.29) is 24.1 Å². The van der Waals surface area contributed by atoms with E-state index >= 15 is 0 Å². The van der Waals surface area contributed by atoms with Gasteiger partial charge in [-0.15, -0.1) is 0 Å². The molecule has 1 aromatic rings. The first-order valence-corrected chi connectivity index (χ1v) is 12.5. The third kappa shape index (κ3) is 4.60. The molecule has 176 valence electrons. The van der Waals surface area contributed by atoms with Crippen molar-refractivity contribution in [1.29, 1.82) is 0 Å². The maximum Gasteiger partial charge on any atom is 0.255 e. The molecule has 33 heavy (non-hydrogen) atoms. The summed E-state index contributed by atoms with van der Waals surface area (Å²) in [6.45, 7) is 7.62. The van der Waals surface area contributed by atoms with Gasteiger partial charge >= 0.3 is 0 Å². The predicted molar refractivity (Wildman–Crippen MR) is 126 cm³/mol. The number of hydrogen-bond acceptors (Lipinski definition) is 5. The molecule has 1 aliphatic carbocycles. The molecule has 4 aliphatic rings. The molecule has 1 atom stereocenters. The summed E-state index contributed by atoms with van der Waals surface area (Å²) >= 11 is 0. The number of nitrogens with zero attached hydrogens (tertiary/aromatic N) is 3. The maximum atomic E-state index is 12.9. The van der Waals surface area contributed by atoms with E-state index in [0.29, 0.717) is 30.5 Å². The normalized spacial score (nSPS) is 29.2. The van der Waals surface area contributed by atoms with Gasteiger partial charge in [-0.25, -0.2) is 0 Å². The van der Waals surface area contributed by atoms with Gasteiger partial charge in [0.25, 0.3) is 5.91 Å². The third-order valence-corrected chi connectivity index (χ3v) is 8.20. The molecule has 3 heterocycles. The van der Waals surface area contributed by atoms with E-state index < -0.39 is 6.04 Å². The molecule has 7 nitrogen and oxygen atoms in total. The first-order valence-electron chi connectivity index (χ1n) is 12.5. The number of fused-ring (bicyclic) bond motifs is 1. The smallest absolute Gasteiger partial charge is 0.255 e. The van der Waals surface area contributed by atoms with Gasteiger partial charge in [-0.1, -0.05) is 12.1 Å². The highest BCUT2D eigenvalue weighted by Gasteiger charge is 2.39. The van der Waals surface area contributed by atoms with Gasteiger partial charge < -0.3 is 9.80 Å². The fourth-order valence-corrected chi connectivity index (χ4v) is 6.17. The lowest BCUT2D eigenvalue weighted by molar-refractivity contribution is -0.136. The third-order valence-electron chi connectivity index (χ3n) is 8.20. The molecular weight excluding hydrogens is 416 g/mol. The standard InChI is InChI=1S/C26H34N4O3/c1-27-21-5-2-17(3-6-21)15-29-12-10-18(11-13-29)19-4-7-22-20(14-19)16-30(26(22)33)23-8-9-24(31)28-25(23)32/h4,7,14,17-18,21,23H,1-3,5-6,8-13,15-16H2,(H,28,31,32)/t17-,21-,23?. The zero-order valence-electron chi connectivity index (χ0n) is 19.3. The van der Waals surface area contributed by atoms with Gasteiger partial charge in [-0.3, -0.25) is 24.7 Å². The molecule has 7 heteroatoms. The Morgan fingerprint density at radius 3 is 2.45 bits per heavy atom. The van der Waals surface area contributed by atoms with Crippen LogP contribution < -0.4 is 5.32 Å². The fourth-order valence-electron chi connectivity index (χ4n) is 6.17. The molecule has 0 radical (unpaired) electrons. The summed E-state index contributed by atoms with van der Waals surface area (Å²) < 4.78 is 0. The summed E-state index contributed by atoms with van der Waals surface area (Å²) in [5, 5.41) is 2.37. The number of nitrogens with one attached hydrogen (secondary N) is 1. The van der Waals surface area contributed by atoms with Crippen LogP contribution in [0.2, 0.25) is 0 Å². The highest BCUT2D eigenvalue weighted by atomic mass is 16.2. The number of aliphatic imine (C=N–C) groups is 1. The Balaban J connectivity index is 1.17. The summed E-state index contributed by atoms with van der Waals surface area (Å²) in [5.41, 5.74) is 3.02. The minimum Gasteiger partial charge on any atom is -0.322 e. The van der Waals surface area contributed by atoms with Crippen molar-refractivity contribution < 1.29 is 14.4 Å². The predicted octanol–water partition coefficient (Wildman–Crippen LogP) is 2.89. The van der Waals surface area contributed by atoms with Crippen LogP contribution in [0.3, 0.4) is 0 Å². The molecule has 1 unspecified atom stereocenters. The number of carbonyl (C=O) groups excluding carboxylic acids is 3. The van der Waals surface area contributed by atoms with Crippen LogP contribution >= 0.6 is 0 Å². The van der Waals surface area contributed by atoms with Gasteiger partial charge in [0.2, 0.25) is 11.8 Å². The summed E-state index contributed by atoms with van der Waals surface area (Å²) in [7, 11) is 0. The van der Waals surface area contributed by atoms with Crippen molar-refractivity contribution in [2.24, 2.45) is 10.9 Å². The largest absolute Gasteiger partial charge is 0.322 e. The van der Waals surface area contributed by atoms with E-state index in [2.05, 4.69) is 34.1 Å². The Kier molecular flexibility index (Phi) is 6.32. The number of imide groups is 1. The van der Waals surface area contributed by atoms with Crippen LogP contribution in [0.25, 0.3) is 0 Å². The van der Waals surface area contributed by atoms with Crippen molar-refractivity contribution in [1.82, 2.24) is 15.1 Å². The van der Waals surface area contributed by atoms with Crippen LogP contribution in [0.5, 0.6) is 0 Å². The van der Waals surface area contributed by atoms with E-state index in [4.69, 9.17) is 0 Å². The molecule has 1 N–H and O–H groups in total. The molecule has 5 rings (SSSR count). The Morgan fingerprint density at radius 1 is 1.00 bits per heavy atom. The van der Waals surface area contributed by atoms with Crippen LogP contribution in [0, 0.1) is 5.92 Å². The van der Waals surface area contributed by atoms with Crippen LogP contribution in [-0.4, -0.2) is 66.0 Å². The van der Waals surface area contributed by atoms with Crippen molar-refractivity contribution in [3.63, 3.8) is 0 Å². The first-order chi connectivity index (χ1) is 16.0. The van der Waals surface area contributed by atoms with Crippen molar-refractivity contribution in [3.8, 4) is 0 Å². The van der Waals surface area contributed by atoms with Gasteiger partial charge in [0.15, 0.2) is 0 Å². The summed E-state index contributed by atoms with van der Waals surface area (Å²) in [6.07, 6.45) is 7.90. The van der Waals surface area contributed by atoms with Crippen LogP contribution in [-0.2, 0) is 16.1 Å². The number of hydrogen-bond donors (Lipinski definition) is 1. The average Bonchev–Trinajstić information content (AvgIpc) is 3.15. The first kappa shape index (κ1) is 22.3. The second-order valence-electron chi connectivity index (χ2n) is 10.2. The average molecular weight is 451 g/mol. The lowest BCUT2D eigenvalue weighted by atomic mass is 9.84. The minimum absolute atomic E-state index is 0.0951. The molecular formula is C26H34N4O3. The molecule has 3 fully saturated rings. The number of piperidine rings is 2. The fraction of sp³-hybridized carbons (Fsp3) is 0.615. The highest BCUT2D eigenvalue weighted by Crippen LogP contribution is 2.34. The Labute approximate surface area is 195 Å². The lowest BCUT2D eigenvalue weighted by Gasteiger charge is -2.36. The molecule has 3 aliphatic heterocycles. The summed E-state index contributed by atoms with van der Waals surface area (Å²) in [5.74, 6) is 0.614. The van der Waals surface area contributed by atoms with Crippen LogP contribution in [0.1, 0.15) is 78.8 Å². The van der Waals surface area contributed by atoms with E-state index in [0.717, 1.165) is 37.4 Å². The SMILES string of the molecule is C=N[C@H]1CC[C@H](CN2CCC(c3ccc4c(c3)CN(C3CCC(=O)NC3=O)C4=O)CC2)CC1. The van der Waals surface area contributed by atoms with E-state index in [1.807, 2.05) is 6.07 Å². The zero-order chi connectivity index (χ0) is 22.9. The summed E-state index contributed by atoms with van der Waals surface area (Å²) in [4.78, 5) is 45.1. The van der Waals surface area contributed by atoms with E-state index in [1.54, 1.807) is 4.90 Å². The van der Waals surface area contributed by atoms with Gasteiger partial charge in [-0.2, -0.15) is 0 Å². The molecule has 1 saturated carbocycles. The molecule has 2 saturated heterocycles. The van der Waals surface area contributed by atoms with Crippen molar-refractivity contribution in [2.75, 3.05) is 19.6 Å². The Morgan fingerprint density at radius 2 is 1.76 bits per heavy atom.